The number of carbonyl (C=O) groups is 1. The molecule has 0 aliphatic carbocycles. The summed E-state index contributed by atoms with van der Waals surface area (Å²) in [6, 6.07) is 7.09. The van der Waals surface area contributed by atoms with E-state index in [0.29, 0.717) is 5.56 Å². The largest absolute Gasteiger partial charge is 0.481 e. The van der Waals surface area contributed by atoms with Gasteiger partial charge in [-0.1, -0.05) is 24.3 Å². The van der Waals surface area contributed by atoms with Crippen LogP contribution < -0.4 is 5.32 Å². The molecule has 0 heterocycles. The number of carboxylic acid groups (broad SMARTS) is 1. The summed E-state index contributed by atoms with van der Waals surface area (Å²) in [6.45, 7) is -0.197. The second-order valence-corrected chi connectivity index (χ2v) is 5.46. The highest BCUT2D eigenvalue weighted by atomic mass is 19.4. The van der Waals surface area contributed by atoms with Gasteiger partial charge in [-0.25, -0.2) is 0 Å². The van der Waals surface area contributed by atoms with E-state index in [1.54, 1.807) is 0 Å². The van der Waals surface area contributed by atoms with Crippen LogP contribution in [-0.4, -0.2) is 11.1 Å². The number of nitrogens with one attached hydrogen (secondary N) is 1. The number of halogens is 6. The SMILES string of the molecule is O=C(O)Cc1cccc(C(F)(F)F)c1NCc1ccc(C(F)(F)F)cc1. The van der Waals surface area contributed by atoms with Crippen LogP contribution in [0.3, 0.4) is 0 Å². The summed E-state index contributed by atoms with van der Waals surface area (Å²) in [5, 5.41) is 11.4. The minimum Gasteiger partial charge on any atom is -0.481 e. The predicted octanol–water partition coefficient (Wildman–Crippen LogP) is 4.96. The topological polar surface area (TPSA) is 49.3 Å². The highest BCUT2D eigenvalue weighted by molar-refractivity contribution is 5.74. The third kappa shape index (κ3) is 4.90. The summed E-state index contributed by atoms with van der Waals surface area (Å²) in [4.78, 5) is 10.9. The molecule has 2 N–H and O–H groups in total. The number of hydrogen-bond donors (Lipinski definition) is 2. The summed E-state index contributed by atoms with van der Waals surface area (Å²) in [5.74, 6) is -1.30. The molecule has 2 rings (SSSR count). The van der Waals surface area contributed by atoms with E-state index < -0.39 is 41.6 Å². The Labute approximate surface area is 144 Å². The third-order valence-corrected chi connectivity index (χ3v) is 3.55. The molecule has 0 bridgehead atoms. The van der Waals surface area contributed by atoms with Crippen LogP contribution in [0.4, 0.5) is 32.0 Å². The number of alkyl halides is 6. The first-order chi connectivity index (χ1) is 12.0. The van der Waals surface area contributed by atoms with Crippen LogP contribution in [0.5, 0.6) is 0 Å². The van der Waals surface area contributed by atoms with Gasteiger partial charge in [-0.05, 0) is 29.3 Å². The molecule has 0 fully saturated rings. The van der Waals surface area contributed by atoms with E-state index in [1.807, 2.05) is 0 Å². The number of aliphatic carboxylic acids is 1. The molecule has 0 saturated heterocycles. The number of para-hydroxylation sites is 1. The molecule has 9 heteroatoms. The van der Waals surface area contributed by atoms with Gasteiger partial charge in [0.25, 0.3) is 0 Å². The molecule has 0 aromatic heterocycles. The first-order valence-electron chi connectivity index (χ1n) is 7.29. The fourth-order valence-electron chi connectivity index (χ4n) is 2.36. The first-order valence-corrected chi connectivity index (χ1v) is 7.29. The Morgan fingerprint density at radius 1 is 0.923 bits per heavy atom. The van der Waals surface area contributed by atoms with Crippen LogP contribution in [0.1, 0.15) is 22.3 Å². The van der Waals surface area contributed by atoms with Gasteiger partial charge in [0.1, 0.15) is 0 Å². The monoisotopic (exact) mass is 377 g/mol. The van der Waals surface area contributed by atoms with E-state index in [-0.39, 0.29) is 12.1 Å². The lowest BCUT2D eigenvalue weighted by atomic mass is 10.0. The maximum Gasteiger partial charge on any atom is 0.418 e. The molecule has 0 amide bonds. The van der Waals surface area contributed by atoms with Crippen molar-refractivity contribution in [1.82, 2.24) is 0 Å². The smallest absolute Gasteiger partial charge is 0.418 e. The van der Waals surface area contributed by atoms with Gasteiger partial charge in [-0.3, -0.25) is 4.79 Å². The highest BCUT2D eigenvalue weighted by Crippen LogP contribution is 2.37. The van der Waals surface area contributed by atoms with Crippen LogP contribution >= 0.6 is 0 Å². The van der Waals surface area contributed by atoms with Crippen molar-refractivity contribution in [3.63, 3.8) is 0 Å². The number of hydrogen-bond acceptors (Lipinski definition) is 2. The van der Waals surface area contributed by atoms with Crippen molar-refractivity contribution in [2.24, 2.45) is 0 Å². The van der Waals surface area contributed by atoms with Crippen molar-refractivity contribution in [1.29, 1.82) is 0 Å². The molecule has 0 spiro atoms. The number of carboxylic acids is 1. The van der Waals surface area contributed by atoms with E-state index in [2.05, 4.69) is 5.32 Å². The van der Waals surface area contributed by atoms with E-state index in [9.17, 15) is 31.1 Å². The predicted molar refractivity (Wildman–Crippen MR) is 81.6 cm³/mol. The lowest BCUT2D eigenvalue weighted by molar-refractivity contribution is -0.138. The van der Waals surface area contributed by atoms with Gasteiger partial charge in [0, 0.05) is 6.54 Å². The minimum atomic E-state index is -4.71. The van der Waals surface area contributed by atoms with Gasteiger partial charge in [-0.2, -0.15) is 26.3 Å². The fraction of sp³-hybridized carbons (Fsp3) is 0.235. The molecule has 0 saturated carbocycles. The molecule has 0 aliphatic rings. The van der Waals surface area contributed by atoms with Gasteiger partial charge in [0.2, 0.25) is 0 Å². The van der Waals surface area contributed by atoms with Crippen LogP contribution in [-0.2, 0) is 30.1 Å². The van der Waals surface area contributed by atoms with Gasteiger partial charge < -0.3 is 10.4 Å². The summed E-state index contributed by atoms with van der Waals surface area (Å²) in [6.07, 6.45) is -9.85. The van der Waals surface area contributed by atoms with Crippen LogP contribution in [0, 0.1) is 0 Å². The van der Waals surface area contributed by atoms with Crippen molar-refractivity contribution in [3.8, 4) is 0 Å². The summed E-state index contributed by atoms with van der Waals surface area (Å²) in [7, 11) is 0. The van der Waals surface area contributed by atoms with E-state index in [1.165, 1.54) is 6.07 Å². The molecular weight excluding hydrogens is 364 g/mol. The zero-order valence-corrected chi connectivity index (χ0v) is 13.1. The molecule has 0 atom stereocenters. The van der Waals surface area contributed by atoms with Gasteiger partial charge in [0.05, 0.1) is 23.2 Å². The summed E-state index contributed by atoms with van der Waals surface area (Å²) >= 11 is 0. The average Bonchev–Trinajstić information content (AvgIpc) is 2.51. The van der Waals surface area contributed by atoms with Gasteiger partial charge in [0.15, 0.2) is 0 Å². The molecule has 26 heavy (non-hydrogen) atoms. The zero-order valence-electron chi connectivity index (χ0n) is 13.1. The Balaban J connectivity index is 2.28. The highest BCUT2D eigenvalue weighted by Gasteiger charge is 2.34. The second-order valence-electron chi connectivity index (χ2n) is 5.46. The van der Waals surface area contributed by atoms with Crippen molar-refractivity contribution in [2.75, 3.05) is 5.32 Å². The van der Waals surface area contributed by atoms with Crippen molar-refractivity contribution in [2.45, 2.75) is 25.3 Å². The standard InChI is InChI=1S/C17H13F6NO2/c18-16(19,20)12-6-4-10(5-7-12)9-24-15-11(8-14(25)26)2-1-3-13(15)17(21,22)23/h1-7,24H,8-9H2,(H,25,26). The van der Waals surface area contributed by atoms with Crippen molar-refractivity contribution < 1.29 is 36.2 Å². The lowest BCUT2D eigenvalue weighted by Gasteiger charge is -2.18. The molecule has 0 unspecified atom stereocenters. The zero-order chi connectivity index (χ0) is 19.5. The van der Waals surface area contributed by atoms with Gasteiger partial charge >= 0.3 is 18.3 Å². The Hall–Kier alpha value is -2.71. The number of benzene rings is 2. The van der Waals surface area contributed by atoms with Crippen LogP contribution in [0.25, 0.3) is 0 Å². The Kier molecular flexibility index (Phi) is 5.48. The number of anilines is 1. The molecule has 2 aromatic carbocycles. The van der Waals surface area contributed by atoms with E-state index in [4.69, 9.17) is 5.11 Å². The molecular formula is C17H13F6NO2. The first kappa shape index (κ1) is 19.6. The van der Waals surface area contributed by atoms with E-state index in [0.717, 1.165) is 36.4 Å². The maximum absolute atomic E-state index is 13.2. The summed E-state index contributed by atoms with van der Waals surface area (Å²) < 4.78 is 77.1. The average molecular weight is 377 g/mol. The van der Waals surface area contributed by atoms with Crippen LogP contribution in [0.2, 0.25) is 0 Å². The normalized spacial score (nSPS) is 12.1. The third-order valence-electron chi connectivity index (χ3n) is 3.55. The molecule has 3 nitrogen and oxygen atoms in total. The molecule has 0 aliphatic heterocycles. The quantitative estimate of drug-likeness (QED) is 0.724. The molecule has 140 valence electrons. The second kappa shape index (κ2) is 7.27. The van der Waals surface area contributed by atoms with Gasteiger partial charge in [-0.15, -0.1) is 0 Å². The lowest BCUT2D eigenvalue weighted by Crippen LogP contribution is -2.14. The van der Waals surface area contributed by atoms with Crippen LogP contribution in [0.15, 0.2) is 42.5 Å². The molecule has 0 radical (unpaired) electrons. The molecule has 2 aromatic rings. The minimum absolute atomic E-state index is 0.0702. The summed E-state index contributed by atoms with van der Waals surface area (Å²) in [5.41, 5.74) is -2.07. The Morgan fingerprint density at radius 2 is 1.54 bits per heavy atom. The number of rotatable bonds is 5. The Morgan fingerprint density at radius 3 is 2.04 bits per heavy atom. The van der Waals surface area contributed by atoms with Crippen molar-refractivity contribution >= 4 is 11.7 Å². The fourth-order valence-corrected chi connectivity index (χ4v) is 2.36. The van der Waals surface area contributed by atoms with E-state index >= 15 is 0 Å². The Bertz CT molecular complexity index is 781. The van der Waals surface area contributed by atoms with Crippen molar-refractivity contribution in [3.05, 3.63) is 64.7 Å². The maximum atomic E-state index is 13.2.